The molecular formula is C32H27N2P. The molecule has 0 saturated carbocycles. The highest BCUT2D eigenvalue weighted by Crippen LogP contribution is 2.51. The second-order valence-electron chi connectivity index (χ2n) is 8.40. The molecule has 5 rings (SSSR count). The van der Waals surface area contributed by atoms with Crippen LogP contribution >= 0.6 is 7.05 Å². The van der Waals surface area contributed by atoms with Gasteiger partial charge in [0.25, 0.3) is 0 Å². The van der Waals surface area contributed by atoms with Crippen LogP contribution in [0.25, 0.3) is 0 Å². The summed E-state index contributed by atoms with van der Waals surface area (Å²) in [5.41, 5.74) is 4.20. The zero-order valence-electron chi connectivity index (χ0n) is 19.7. The van der Waals surface area contributed by atoms with E-state index < -0.39 is 7.05 Å². The molecule has 5 aromatic rings. The summed E-state index contributed by atoms with van der Waals surface area (Å²) in [6.45, 7) is 2.11. The molecule has 0 aliphatic heterocycles. The molecule has 0 aliphatic carbocycles. The number of aryl methyl sites for hydroxylation is 1. The Bertz CT molecular complexity index is 1430. The molecule has 0 N–H and O–H groups in total. The summed E-state index contributed by atoms with van der Waals surface area (Å²) in [5.74, 6) is 0. The van der Waals surface area contributed by atoms with Gasteiger partial charge in [0.05, 0.1) is 18.4 Å². The summed E-state index contributed by atoms with van der Waals surface area (Å²) in [6.07, 6.45) is 1.94. The number of hydrogen-bond acceptors (Lipinski definition) is 2. The largest absolute Gasteiger partial charge is 0.256 e. The Balaban J connectivity index is 1.84. The van der Waals surface area contributed by atoms with Gasteiger partial charge >= 0.3 is 0 Å². The lowest BCUT2D eigenvalue weighted by atomic mass is 10.2. The maximum atomic E-state index is 5.59. The van der Waals surface area contributed by atoms with Crippen LogP contribution in [0.1, 0.15) is 11.1 Å². The van der Waals surface area contributed by atoms with E-state index in [4.69, 9.17) is 9.74 Å². The van der Waals surface area contributed by atoms with Crippen LogP contribution in [0.2, 0.25) is 0 Å². The van der Waals surface area contributed by atoms with Crippen molar-refractivity contribution in [2.45, 2.75) is 6.92 Å². The Labute approximate surface area is 207 Å². The van der Waals surface area contributed by atoms with Crippen LogP contribution in [0, 0.1) is 6.92 Å². The van der Waals surface area contributed by atoms with Crippen LogP contribution < -0.4 is 15.9 Å². The van der Waals surface area contributed by atoms with E-state index in [0.717, 1.165) is 22.2 Å². The Kier molecular flexibility index (Phi) is 6.84. The van der Waals surface area contributed by atoms with Crippen LogP contribution in [0.5, 0.6) is 0 Å². The summed E-state index contributed by atoms with van der Waals surface area (Å²) in [6, 6.07) is 48.5. The monoisotopic (exact) mass is 470 g/mol. The molecule has 0 heterocycles. The molecule has 0 aromatic heterocycles. The lowest BCUT2D eigenvalue weighted by molar-refractivity contribution is 1.44. The molecule has 0 fully saturated rings. The van der Waals surface area contributed by atoms with Crippen molar-refractivity contribution < 1.29 is 0 Å². The van der Waals surface area contributed by atoms with Crippen molar-refractivity contribution in [2.75, 3.05) is 0 Å². The minimum Gasteiger partial charge on any atom is -0.256 e. The molecule has 0 saturated heterocycles. The third kappa shape index (κ3) is 4.94. The Morgan fingerprint density at radius 1 is 0.543 bits per heavy atom. The summed E-state index contributed by atoms with van der Waals surface area (Å²) in [7, 11) is -2.44. The van der Waals surface area contributed by atoms with Gasteiger partial charge in [0.1, 0.15) is 0 Å². The van der Waals surface area contributed by atoms with E-state index in [1.807, 2.05) is 24.4 Å². The Hall–Kier alpha value is -4.00. The van der Waals surface area contributed by atoms with E-state index in [1.54, 1.807) is 0 Å². The van der Waals surface area contributed by atoms with Crippen molar-refractivity contribution in [1.82, 2.24) is 0 Å². The minimum atomic E-state index is -2.44. The predicted octanol–water partition coefficient (Wildman–Crippen LogP) is 7.55. The molecule has 0 atom stereocenters. The van der Waals surface area contributed by atoms with Gasteiger partial charge in [-0.3, -0.25) is 9.74 Å². The highest BCUT2D eigenvalue weighted by atomic mass is 31.2. The summed E-state index contributed by atoms with van der Waals surface area (Å²) in [4.78, 5) is 4.99. The standard InChI is InChI=1S/C32H27N2P/c1-26-21-23-28(24-22-26)34-35(29-15-7-3-8-16-29,30-17-9-4-10-18-30)32-20-12-11-19-31(32)33-25-27-13-5-2-6-14-27/h2-25H,1H3. The fraction of sp³-hybridized carbons (Fsp3) is 0.0312. The third-order valence-corrected chi connectivity index (χ3v) is 9.64. The van der Waals surface area contributed by atoms with Crippen LogP contribution in [-0.2, 0) is 0 Å². The van der Waals surface area contributed by atoms with Gasteiger partial charge in [0.15, 0.2) is 0 Å². The van der Waals surface area contributed by atoms with Crippen molar-refractivity contribution >= 4 is 40.6 Å². The Morgan fingerprint density at radius 3 is 1.66 bits per heavy atom. The summed E-state index contributed by atoms with van der Waals surface area (Å²) >= 11 is 0. The first-order chi connectivity index (χ1) is 17.3. The molecule has 0 aliphatic rings. The molecule has 3 heteroatoms. The summed E-state index contributed by atoms with van der Waals surface area (Å²) < 4.78 is 5.59. The fourth-order valence-corrected chi connectivity index (χ4v) is 7.84. The minimum absolute atomic E-state index is 0.938. The van der Waals surface area contributed by atoms with Gasteiger partial charge in [-0.25, -0.2) is 0 Å². The molecule has 0 bridgehead atoms. The van der Waals surface area contributed by atoms with Gasteiger partial charge in [0.2, 0.25) is 0 Å². The second kappa shape index (κ2) is 10.5. The maximum Gasteiger partial charge on any atom is 0.0727 e. The predicted molar refractivity (Wildman–Crippen MR) is 152 cm³/mol. The molecule has 0 radical (unpaired) electrons. The van der Waals surface area contributed by atoms with Gasteiger partial charge < -0.3 is 0 Å². The van der Waals surface area contributed by atoms with E-state index in [0.29, 0.717) is 0 Å². The average Bonchev–Trinajstić information content (AvgIpc) is 2.93. The second-order valence-corrected chi connectivity index (χ2v) is 11.4. The average molecular weight is 471 g/mol. The van der Waals surface area contributed by atoms with E-state index >= 15 is 0 Å². The van der Waals surface area contributed by atoms with Gasteiger partial charge in [-0.15, -0.1) is 0 Å². The maximum absolute atomic E-state index is 5.59. The SMILES string of the molecule is Cc1ccc(N=P(c2ccccc2)(c2ccccc2)c2ccccc2N=Cc2ccccc2)cc1. The number of nitrogens with zero attached hydrogens (tertiary/aromatic N) is 2. The van der Waals surface area contributed by atoms with Crippen molar-refractivity contribution in [3.63, 3.8) is 0 Å². The lowest BCUT2D eigenvalue weighted by Gasteiger charge is -2.28. The summed E-state index contributed by atoms with van der Waals surface area (Å²) in [5, 5.41) is 3.55. The van der Waals surface area contributed by atoms with Crippen LogP contribution in [0.15, 0.2) is 149 Å². The van der Waals surface area contributed by atoms with Gasteiger partial charge in [0, 0.05) is 22.1 Å². The van der Waals surface area contributed by atoms with Gasteiger partial charge in [-0.1, -0.05) is 127 Å². The van der Waals surface area contributed by atoms with E-state index in [2.05, 4.69) is 128 Å². The topological polar surface area (TPSA) is 24.7 Å². The molecule has 170 valence electrons. The lowest BCUT2D eigenvalue weighted by Crippen LogP contribution is -2.25. The smallest absolute Gasteiger partial charge is 0.0727 e. The Morgan fingerprint density at radius 2 is 1.06 bits per heavy atom. The van der Waals surface area contributed by atoms with Crippen molar-refractivity contribution in [2.24, 2.45) is 9.74 Å². The molecule has 35 heavy (non-hydrogen) atoms. The van der Waals surface area contributed by atoms with Crippen LogP contribution in [0.4, 0.5) is 11.4 Å². The fourth-order valence-electron chi connectivity index (χ4n) is 4.20. The number of benzene rings is 5. The molecule has 2 nitrogen and oxygen atoms in total. The normalized spacial score (nSPS) is 11.5. The zero-order valence-corrected chi connectivity index (χ0v) is 20.6. The highest BCUT2D eigenvalue weighted by molar-refractivity contribution is 7.87. The molecule has 5 aromatic carbocycles. The first-order valence-electron chi connectivity index (χ1n) is 11.7. The number of para-hydroxylation sites is 1. The van der Waals surface area contributed by atoms with Gasteiger partial charge in [-0.2, -0.15) is 0 Å². The van der Waals surface area contributed by atoms with Crippen LogP contribution in [-0.4, -0.2) is 6.21 Å². The zero-order chi connectivity index (χ0) is 23.9. The molecular weight excluding hydrogens is 443 g/mol. The molecule has 0 spiro atoms. The number of aliphatic imine (C=N–C) groups is 1. The van der Waals surface area contributed by atoms with E-state index in [9.17, 15) is 0 Å². The van der Waals surface area contributed by atoms with Crippen molar-refractivity contribution in [1.29, 1.82) is 0 Å². The quantitative estimate of drug-likeness (QED) is 0.181. The van der Waals surface area contributed by atoms with Crippen molar-refractivity contribution in [3.8, 4) is 0 Å². The van der Waals surface area contributed by atoms with E-state index in [1.165, 1.54) is 16.2 Å². The highest BCUT2D eigenvalue weighted by Gasteiger charge is 2.29. The first kappa shape index (κ1) is 22.8. The van der Waals surface area contributed by atoms with Gasteiger partial charge in [-0.05, 0) is 30.7 Å². The molecule has 0 unspecified atom stereocenters. The molecule has 0 amide bonds. The van der Waals surface area contributed by atoms with Crippen molar-refractivity contribution in [3.05, 3.63) is 151 Å². The first-order valence-corrected chi connectivity index (χ1v) is 13.5. The number of hydrogen-bond donors (Lipinski definition) is 0. The third-order valence-electron chi connectivity index (χ3n) is 5.94. The number of rotatable bonds is 6. The van der Waals surface area contributed by atoms with E-state index in [-0.39, 0.29) is 0 Å². The van der Waals surface area contributed by atoms with Crippen LogP contribution in [0.3, 0.4) is 0 Å².